The first-order valence-electron chi connectivity index (χ1n) is 7.34. The maximum atomic E-state index is 12.9. The molecule has 3 aromatic rings. The predicted molar refractivity (Wildman–Crippen MR) is 88.3 cm³/mol. The van der Waals surface area contributed by atoms with Gasteiger partial charge in [-0.3, -0.25) is 4.79 Å². The van der Waals surface area contributed by atoms with Gasteiger partial charge in [-0.15, -0.1) is 0 Å². The van der Waals surface area contributed by atoms with Crippen LogP contribution in [0.15, 0.2) is 82.6 Å². The van der Waals surface area contributed by atoms with Gasteiger partial charge in [0.2, 0.25) is 9.84 Å². The highest BCUT2D eigenvalue weighted by molar-refractivity contribution is 7.91. The molecule has 0 aromatic heterocycles. The van der Waals surface area contributed by atoms with Crippen molar-refractivity contribution in [3.05, 3.63) is 83.9 Å². The third-order valence-corrected chi connectivity index (χ3v) is 5.75. The molecule has 1 aliphatic rings. The Kier molecular flexibility index (Phi) is 3.25. The van der Waals surface area contributed by atoms with Crippen LogP contribution in [0.25, 0.3) is 0 Å². The molecule has 0 unspecified atom stereocenters. The fourth-order valence-corrected chi connectivity index (χ4v) is 4.47. The van der Waals surface area contributed by atoms with Gasteiger partial charge in [-0.1, -0.05) is 36.4 Å². The number of benzene rings is 3. The van der Waals surface area contributed by atoms with Gasteiger partial charge in [0.15, 0.2) is 5.78 Å². The maximum Gasteiger partial charge on any atom is 0.208 e. The van der Waals surface area contributed by atoms with E-state index in [1.54, 1.807) is 48.5 Å². The second kappa shape index (κ2) is 5.32. The molecule has 0 saturated carbocycles. The summed E-state index contributed by atoms with van der Waals surface area (Å²) in [6, 6.07) is 19.8. The molecule has 0 radical (unpaired) electrons. The van der Waals surface area contributed by atoms with Crippen molar-refractivity contribution in [2.75, 3.05) is 0 Å². The quantitative estimate of drug-likeness (QED) is 0.558. The van der Waals surface area contributed by atoms with E-state index < -0.39 is 9.84 Å². The Morgan fingerprint density at radius 2 is 1.38 bits per heavy atom. The van der Waals surface area contributed by atoms with E-state index in [1.165, 1.54) is 18.2 Å². The number of para-hydroxylation sites is 1. The highest BCUT2D eigenvalue weighted by atomic mass is 32.2. The zero-order valence-electron chi connectivity index (χ0n) is 12.5. The molecular formula is C19H12O4S. The van der Waals surface area contributed by atoms with Crippen molar-refractivity contribution >= 4 is 15.6 Å². The molecule has 5 heteroatoms. The predicted octanol–water partition coefficient (Wildman–Crippen LogP) is 3.86. The fourth-order valence-electron chi connectivity index (χ4n) is 2.80. The minimum Gasteiger partial charge on any atom is -0.457 e. The SMILES string of the molecule is O=C1c2ccccc2S(=O)(=O)c2cccc(Oc3ccccc3)c21. The van der Waals surface area contributed by atoms with E-state index in [0.29, 0.717) is 5.75 Å². The number of hydrogen-bond donors (Lipinski definition) is 0. The van der Waals surface area contributed by atoms with Gasteiger partial charge < -0.3 is 4.74 Å². The van der Waals surface area contributed by atoms with Crippen molar-refractivity contribution in [3.8, 4) is 11.5 Å². The van der Waals surface area contributed by atoms with Gasteiger partial charge in [-0.05, 0) is 36.4 Å². The zero-order chi connectivity index (χ0) is 16.7. The molecule has 0 atom stereocenters. The standard InChI is InChI=1S/C19H12O4S/c20-19-14-9-4-5-11-16(14)24(21,22)17-12-6-10-15(18(17)19)23-13-7-2-1-3-8-13/h1-12H. The lowest BCUT2D eigenvalue weighted by Gasteiger charge is -2.21. The third-order valence-electron chi connectivity index (χ3n) is 3.90. The maximum absolute atomic E-state index is 12.9. The molecule has 118 valence electrons. The summed E-state index contributed by atoms with van der Waals surface area (Å²) in [6.07, 6.45) is 0. The Labute approximate surface area is 139 Å². The summed E-state index contributed by atoms with van der Waals surface area (Å²) in [6.45, 7) is 0. The second-order valence-electron chi connectivity index (χ2n) is 5.37. The van der Waals surface area contributed by atoms with Crippen LogP contribution in [-0.4, -0.2) is 14.2 Å². The summed E-state index contributed by atoms with van der Waals surface area (Å²) in [5, 5.41) is 0. The van der Waals surface area contributed by atoms with E-state index in [-0.39, 0.29) is 32.5 Å². The molecule has 0 amide bonds. The van der Waals surface area contributed by atoms with Crippen LogP contribution in [0.1, 0.15) is 15.9 Å². The molecule has 4 rings (SSSR count). The summed E-state index contributed by atoms with van der Waals surface area (Å²) in [4.78, 5) is 12.9. The Balaban J connectivity index is 1.94. The molecule has 0 saturated heterocycles. The molecule has 24 heavy (non-hydrogen) atoms. The number of sulfone groups is 1. The van der Waals surface area contributed by atoms with Crippen LogP contribution < -0.4 is 4.74 Å². The summed E-state index contributed by atoms with van der Waals surface area (Å²) in [7, 11) is -3.75. The van der Waals surface area contributed by atoms with Crippen molar-refractivity contribution in [2.45, 2.75) is 9.79 Å². The summed E-state index contributed by atoms with van der Waals surface area (Å²) >= 11 is 0. The third kappa shape index (κ3) is 2.13. The number of carbonyl (C=O) groups is 1. The summed E-state index contributed by atoms with van der Waals surface area (Å²) < 4.78 is 31.4. The molecule has 4 nitrogen and oxygen atoms in total. The van der Waals surface area contributed by atoms with Gasteiger partial charge >= 0.3 is 0 Å². The molecule has 0 bridgehead atoms. The molecular weight excluding hydrogens is 324 g/mol. The van der Waals surface area contributed by atoms with Crippen molar-refractivity contribution in [1.82, 2.24) is 0 Å². The molecule has 0 N–H and O–H groups in total. The summed E-state index contributed by atoms with van der Waals surface area (Å²) in [5.41, 5.74) is 0.258. The van der Waals surface area contributed by atoms with Crippen LogP contribution in [0, 0.1) is 0 Å². The number of hydrogen-bond acceptors (Lipinski definition) is 4. The first-order valence-corrected chi connectivity index (χ1v) is 8.82. The van der Waals surface area contributed by atoms with Gasteiger partial charge in [-0.2, -0.15) is 0 Å². The highest BCUT2D eigenvalue weighted by Gasteiger charge is 2.36. The first-order chi connectivity index (χ1) is 11.6. The molecule has 0 aliphatic carbocycles. The second-order valence-corrected chi connectivity index (χ2v) is 7.26. The molecule has 0 fully saturated rings. The lowest BCUT2D eigenvalue weighted by Crippen LogP contribution is -2.20. The van der Waals surface area contributed by atoms with E-state index in [4.69, 9.17) is 4.74 Å². The molecule has 1 aliphatic heterocycles. The van der Waals surface area contributed by atoms with Crippen LogP contribution >= 0.6 is 0 Å². The normalized spacial score (nSPS) is 14.6. The monoisotopic (exact) mass is 336 g/mol. The minimum atomic E-state index is -3.75. The Morgan fingerprint density at radius 1 is 0.708 bits per heavy atom. The van der Waals surface area contributed by atoms with Crippen LogP contribution in [-0.2, 0) is 9.84 Å². The number of ether oxygens (including phenoxy) is 1. The van der Waals surface area contributed by atoms with Crippen LogP contribution in [0.5, 0.6) is 11.5 Å². The smallest absolute Gasteiger partial charge is 0.208 e. The van der Waals surface area contributed by atoms with E-state index in [9.17, 15) is 13.2 Å². The van der Waals surface area contributed by atoms with Gasteiger partial charge in [-0.25, -0.2) is 8.42 Å². The van der Waals surface area contributed by atoms with Crippen molar-refractivity contribution in [1.29, 1.82) is 0 Å². The van der Waals surface area contributed by atoms with Gasteiger partial charge in [0, 0.05) is 5.56 Å². The summed E-state index contributed by atoms with van der Waals surface area (Å²) in [5.74, 6) is 0.429. The molecule has 0 spiro atoms. The zero-order valence-corrected chi connectivity index (χ0v) is 13.3. The largest absolute Gasteiger partial charge is 0.457 e. The fraction of sp³-hybridized carbons (Fsp3) is 0. The number of fused-ring (bicyclic) bond motifs is 2. The van der Waals surface area contributed by atoms with Crippen LogP contribution in [0.4, 0.5) is 0 Å². The average molecular weight is 336 g/mol. The van der Waals surface area contributed by atoms with E-state index >= 15 is 0 Å². The highest BCUT2D eigenvalue weighted by Crippen LogP contribution is 2.39. The van der Waals surface area contributed by atoms with Crippen molar-refractivity contribution < 1.29 is 17.9 Å². The Bertz CT molecular complexity index is 1050. The molecule has 3 aromatic carbocycles. The van der Waals surface area contributed by atoms with Gasteiger partial charge in [0.25, 0.3) is 0 Å². The average Bonchev–Trinajstić information content (AvgIpc) is 2.61. The van der Waals surface area contributed by atoms with E-state index in [1.807, 2.05) is 6.07 Å². The van der Waals surface area contributed by atoms with Crippen molar-refractivity contribution in [2.24, 2.45) is 0 Å². The van der Waals surface area contributed by atoms with Gasteiger partial charge in [0.05, 0.1) is 15.4 Å². The lowest BCUT2D eigenvalue weighted by atomic mass is 10.0. The number of carbonyl (C=O) groups excluding carboxylic acids is 1. The Hall–Kier alpha value is -2.92. The minimum absolute atomic E-state index is 0.0142. The van der Waals surface area contributed by atoms with Crippen LogP contribution in [0.2, 0.25) is 0 Å². The topological polar surface area (TPSA) is 60.4 Å². The van der Waals surface area contributed by atoms with Crippen LogP contribution in [0.3, 0.4) is 0 Å². The lowest BCUT2D eigenvalue weighted by molar-refractivity contribution is 0.102. The number of rotatable bonds is 2. The number of ketones is 1. The van der Waals surface area contributed by atoms with Gasteiger partial charge in [0.1, 0.15) is 11.5 Å². The Morgan fingerprint density at radius 3 is 2.17 bits per heavy atom. The molecule has 1 heterocycles. The first kappa shape index (κ1) is 14.7. The van der Waals surface area contributed by atoms with E-state index in [2.05, 4.69) is 0 Å². The van der Waals surface area contributed by atoms with E-state index in [0.717, 1.165) is 0 Å². The van der Waals surface area contributed by atoms with Crippen molar-refractivity contribution in [3.63, 3.8) is 0 Å².